The van der Waals surface area contributed by atoms with Gasteiger partial charge in [0, 0.05) is 5.92 Å². The maximum atomic E-state index is 10.0. The average molecular weight is 364 g/mol. The molecule has 5 atom stereocenters. The minimum absolute atomic E-state index is 0.154. The van der Waals surface area contributed by atoms with Crippen LogP contribution in [0.3, 0.4) is 0 Å². The van der Waals surface area contributed by atoms with Gasteiger partial charge >= 0.3 is 5.91 Å². The van der Waals surface area contributed by atoms with Gasteiger partial charge in [0.15, 0.2) is 10.8 Å². The fourth-order valence-electron chi connectivity index (χ4n) is 4.17. The molecule has 0 aromatic heterocycles. The van der Waals surface area contributed by atoms with Gasteiger partial charge in [-0.2, -0.15) is 10.5 Å². The third-order valence-electron chi connectivity index (χ3n) is 5.18. The molecule has 0 unspecified atom stereocenters. The molecule has 3 aliphatic rings. The SMILES string of the molecule is C[C@H]1CO[C@@]2([NH+]=C(N)[C@@]3(C#N)[C@@H](c4cccc(Cl)c4Cl)[C@@]23C#N)O1. The molecule has 1 aliphatic carbocycles. The van der Waals surface area contributed by atoms with E-state index in [9.17, 15) is 10.5 Å². The molecule has 122 valence electrons. The molecule has 2 fully saturated rings. The molecule has 2 aliphatic heterocycles. The highest BCUT2D eigenvalue weighted by molar-refractivity contribution is 6.42. The molecule has 0 radical (unpaired) electrons. The van der Waals surface area contributed by atoms with Gasteiger partial charge in [0.05, 0.1) is 34.9 Å². The van der Waals surface area contributed by atoms with Crippen molar-refractivity contribution in [1.29, 1.82) is 10.5 Å². The zero-order chi connectivity index (χ0) is 17.3. The first-order valence-electron chi connectivity index (χ1n) is 7.39. The number of hydrogen-bond acceptors (Lipinski definition) is 5. The fourth-order valence-corrected chi connectivity index (χ4v) is 4.59. The molecule has 4 rings (SSSR count). The lowest BCUT2D eigenvalue weighted by Crippen LogP contribution is -2.90. The van der Waals surface area contributed by atoms with E-state index in [1.807, 2.05) is 6.92 Å². The molecule has 6 nitrogen and oxygen atoms in total. The van der Waals surface area contributed by atoms with E-state index in [0.717, 1.165) is 0 Å². The average Bonchev–Trinajstić information content (AvgIpc) is 2.93. The summed E-state index contributed by atoms with van der Waals surface area (Å²) in [6.45, 7) is 2.12. The number of nitrogens with one attached hydrogen (secondary N) is 1. The standard InChI is InChI=1S/C16H12Cl2N4O2/c1-8-5-23-16(24-8)15(7-20)12(14(15,6-19)13(21)22-16)9-3-2-4-10(17)11(9)18/h2-4,8,12H,5H2,1H3,(H2,21,22)/p+1/t8-,12+,14+,15+,16+/m0/s1. The third kappa shape index (κ3) is 1.42. The number of nitriles is 2. The second kappa shape index (κ2) is 4.62. The van der Waals surface area contributed by atoms with Gasteiger partial charge < -0.3 is 9.47 Å². The number of rotatable bonds is 1. The Balaban J connectivity index is 1.96. The molecule has 24 heavy (non-hydrogen) atoms. The molecule has 1 spiro atoms. The number of nitrogens with two attached hydrogens (primary N) is 1. The van der Waals surface area contributed by atoms with E-state index in [4.69, 9.17) is 38.4 Å². The van der Waals surface area contributed by atoms with E-state index in [1.165, 1.54) is 0 Å². The summed E-state index contributed by atoms with van der Waals surface area (Å²) in [5.74, 6) is -1.91. The topological polar surface area (TPSA) is 106 Å². The van der Waals surface area contributed by atoms with Crippen LogP contribution in [0.2, 0.25) is 10.0 Å². The molecule has 2 heterocycles. The number of halogens is 2. The minimum Gasteiger partial charge on any atom is -0.311 e. The maximum Gasteiger partial charge on any atom is 0.343 e. The van der Waals surface area contributed by atoms with Crippen LogP contribution in [-0.2, 0) is 9.47 Å². The van der Waals surface area contributed by atoms with Crippen LogP contribution in [0.5, 0.6) is 0 Å². The molecule has 1 saturated heterocycles. The summed E-state index contributed by atoms with van der Waals surface area (Å²) >= 11 is 12.5. The van der Waals surface area contributed by atoms with Gasteiger partial charge in [-0.15, -0.1) is 0 Å². The lowest BCUT2D eigenvalue weighted by molar-refractivity contribution is -0.677. The van der Waals surface area contributed by atoms with Crippen molar-refractivity contribution in [2.45, 2.75) is 24.9 Å². The number of nitrogens with zero attached hydrogens (tertiary/aromatic N) is 2. The van der Waals surface area contributed by atoms with Gasteiger partial charge in [0.2, 0.25) is 0 Å². The van der Waals surface area contributed by atoms with E-state index in [-0.39, 0.29) is 11.9 Å². The second-order valence-electron chi connectivity index (χ2n) is 6.31. The monoisotopic (exact) mass is 363 g/mol. The van der Waals surface area contributed by atoms with Crippen LogP contribution in [-0.4, -0.2) is 24.5 Å². The molecular formula is C16H13Cl2N4O2+. The summed E-state index contributed by atoms with van der Waals surface area (Å²) < 4.78 is 11.7. The normalized spacial score (nSPS) is 42.3. The number of amidine groups is 1. The van der Waals surface area contributed by atoms with Crippen molar-refractivity contribution in [1.82, 2.24) is 0 Å². The van der Waals surface area contributed by atoms with Crippen molar-refractivity contribution >= 4 is 29.0 Å². The first-order valence-corrected chi connectivity index (χ1v) is 8.15. The minimum atomic E-state index is -1.46. The number of hydrogen-bond donors (Lipinski definition) is 2. The van der Waals surface area contributed by atoms with Crippen molar-refractivity contribution in [3.8, 4) is 12.1 Å². The summed E-state index contributed by atoms with van der Waals surface area (Å²) in [6, 6.07) is 9.57. The highest BCUT2D eigenvalue weighted by Crippen LogP contribution is 2.79. The Bertz CT molecular complexity index is 876. The van der Waals surface area contributed by atoms with Crippen LogP contribution in [0.15, 0.2) is 18.2 Å². The number of fused-ring (bicyclic) bond motifs is 2. The molecule has 1 saturated carbocycles. The van der Waals surface area contributed by atoms with Crippen LogP contribution in [0.25, 0.3) is 0 Å². The summed E-state index contributed by atoms with van der Waals surface area (Å²) in [5.41, 5.74) is 4.10. The largest absolute Gasteiger partial charge is 0.343 e. The Labute approximate surface area is 148 Å². The second-order valence-corrected chi connectivity index (χ2v) is 7.10. The Morgan fingerprint density at radius 1 is 1.33 bits per heavy atom. The smallest absolute Gasteiger partial charge is 0.311 e. The van der Waals surface area contributed by atoms with Crippen LogP contribution >= 0.6 is 23.2 Å². The highest BCUT2D eigenvalue weighted by atomic mass is 35.5. The lowest BCUT2D eigenvalue weighted by Gasteiger charge is -2.24. The summed E-state index contributed by atoms with van der Waals surface area (Å²) in [5, 5.41) is 20.6. The van der Waals surface area contributed by atoms with Gasteiger partial charge in [0.1, 0.15) is 0 Å². The molecular weight excluding hydrogens is 351 g/mol. The van der Waals surface area contributed by atoms with E-state index >= 15 is 0 Å². The van der Waals surface area contributed by atoms with Gasteiger partial charge in [0.25, 0.3) is 5.84 Å². The highest BCUT2D eigenvalue weighted by Gasteiger charge is 2.98. The fraction of sp³-hybridized carbons (Fsp3) is 0.438. The maximum absolute atomic E-state index is 10.0. The van der Waals surface area contributed by atoms with E-state index in [2.05, 4.69) is 17.1 Å². The van der Waals surface area contributed by atoms with Gasteiger partial charge in [-0.25, -0.2) is 4.99 Å². The Hall–Kier alpha value is -1.83. The first-order chi connectivity index (χ1) is 11.4. The molecule has 0 amide bonds. The summed E-state index contributed by atoms with van der Waals surface area (Å²) in [4.78, 5) is 2.91. The number of benzene rings is 1. The van der Waals surface area contributed by atoms with E-state index < -0.39 is 22.7 Å². The molecule has 3 N–H and O–H groups in total. The zero-order valence-electron chi connectivity index (χ0n) is 12.6. The summed E-state index contributed by atoms with van der Waals surface area (Å²) in [7, 11) is 0. The van der Waals surface area contributed by atoms with Crippen molar-refractivity contribution in [2.24, 2.45) is 16.6 Å². The van der Waals surface area contributed by atoms with Gasteiger partial charge in [-0.05, 0) is 18.6 Å². The zero-order valence-corrected chi connectivity index (χ0v) is 14.1. The lowest BCUT2D eigenvalue weighted by atomic mass is 9.94. The molecule has 0 bridgehead atoms. The molecule has 1 aromatic rings. The van der Waals surface area contributed by atoms with E-state index in [1.54, 1.807) is 18.2 Å². The van der Waals surface area contributed by atoms with Crippen molar-refractivity contribution in [3.05, 3.63) is 33.8 Å². The Morgan fingerprint density at radius 2 is 2.08 bits per heavy atom. The molecule has 1 aromatic carbocycles. The van der Waals surface area contributed by atoms with Crippen molar-refractivity contribution < 1.29 is 14.5 Å². The van der Waals surface area contributed by atoms with Crippen LogP contribution in [0.4, 0.5) is 0 Å². The summed E-state index contributed by atoms with van der Waals surface area (Å²) in [6.07, 6.45) is -0.235. The van der Waals surface area contributed by atoms with E-state index in [0.29, 0.717) is 22.2 Å². The third-order valence-corrected chi connectivity index (χ3v) is 6.02. The van der Waals surface area contributed by atoms with Gasteiger partial charge in [-0.3, -0.25) is 5.73 Å². The predicted octanol–water partition coefficient (Wildman–Crippen LogP) is 0.651. The van der Waals surface area contributed by atoms with Crippen molar-refractivity contribution in [3.63, 3.8) is 0 Å². The Kier molecular flexibility index (Phi) is 3.02. The quantitative estimate of drug-likeness (QED) is 0.761. The Morgan fingerprint density at radius 3 is 2.67 bits per heavy atom. The van der Waals surface area contributed by atoms with Crippen LogP contribution < -0.4 is 10.7 Å². The molecule has 8 heteroatoms. The first kappa shape index (κ1) is 15.7. The van der Waals surface area contributed by atoms with Crippen molar-refractivity contribution in [2.75, 3.05) is 6.61 Å². The van der Waals surface area contributed by atoms with Crippen LogP contribution in [0, 0.1) is 33.5 Å². The van der Waals surface area contributed by atoms with Gasteiger partial charge in [-0.1, -0.05) is 35.3 Å². The van der Waals surface area contributed by atoms with Crippen LogP contribution in [0.1, 0.15) is 18.4 Å². The number of ether oxygens (including phenoxy) is 2. The predicted molar refractivity (Wildman–Crippen MR) is 84.7 cm³/mol.